The predicted molar refractivity (Wildman–Crippen MR) is 101 cm³/mol. The summed E-state index contributed by atoms with van der Waals surface area (Å²) >= 11 is 0. The monoisotopic (exact) mass is 408 g/mol. The minimum atomic E-state index is -4.78. The molecule has 154 valence electrons. The molecule has 0 amide bonds. The van der Waals surface area contributed by atoms with Crippen molar-refractivity contribution in [3.63, 3.8) is 0 Å². The van der Waals surface area contributed by atoms with Gasteiger partial charge in [-0.05, 0) is 31.5 Å². The van der Waals surface area contributed by atoms with Crippen molar-refractivity contribution >= 4 is 17.7 Å². The Kier molecular flexibility index (Phi) is 7.35. The molecule has 29 heavy (non-hydrogen) atoms. The fourth-order valence-corrected chi connectivity index (χ4v) is 2.53. The third-order valence-electron chi connectivity index (χ3n) is 3.88. The molecule has 0 atom stereocenters. The molecule has 2 rings (SSSR count). The molecule has 0 bridgehead atoms. The maximum atomic E-state index is 12.4. The number of carbonyl (C=O) groups excluding carboxylic acids is 1. The summed E-state index contributed by atoms with van der Waals surface area (Å²) in [6, 6.07) is 10.7. The number of rotatable bonds is 8. The van der Waals surface area contributed by atoms with E-state index in [1.54, 1.807) is 25.1 Å². The zero-order valence-corrected chi connectivity index (χ0v) is 16.0. The van der Waals surface area contributed by atoms with Crippen LogP contribution in [0.25, 0.3) is 0 Å². The molecule has 0 fully saturated rings. The Hall–Kier alpha value is -3.36. The van der Waals surface area contributed by atoms with E-state index in [-0.39, 0.29) is 18.1 Å². The Morgan fingerprint density at radius 1 is 1.14 bits per heavy atom. The molecule has 2 aromatic carbocycles. The lowest BCUT2D eigenvalue weighted by atomic mass is 9.99. The number of hydrogen-bond acceptors (Lipinski definition) is 6. The SMILES string of the molecule is CO/N=C(/C=O)c1cccc(C)c1CO/N=C(\C)c1cccc(OC(F)(F)F)c1. The number of halogens is 3. The van der Waals surface area contributed by atoms with Crippen LogP contribution in [0.1, 0.15) is 29.2 Å². The zero-order chi connectivity index (χ0) is 21.4. The molecule has 0 aliphatic heterocycles. The summed E-state index contributed by atoms with van der Waals surface area (Å²) < 4.78 is 41.0. The van der Waals surface area contributed by atoms with Crippen molar-refractivity contribution in [2.45, 2.75) is 26.8 Å². The van der Waals surface area contributed by atoms with Gasteiger partial charge in [-0.3, -0.25) is 4.79 Å². The number of alkyl halides is 3. The van der Waals surface area contributed by atoms with E-state index in [1.807, 2.05) is 13.0 Å². The number of nitrogens with zero attached hydrogens (tertiary/aromatic N) is 2. The number of aryl methyl sites for hydroxylation is 1. The molecule has 0 aliphatic carbocycles. The minimum Gasteiger partial charge on any atom is -0.406 e. The summed E-state index contributed by atoms with van der Waals surface area (Å²) in [5.41, 5.74) is 2.94. The highest BCUT2D eigenvalue weighted by atomic mass is 19.4. The molecule has 0 aliphatic rings. The van der Waals surface area contributed by atoms with Crippen molar-refractivity contribution in [3.05, 3.63) is 64.7 Å². The Morgan fingerprint density at radius 3 is 2.52 bits per heavy atom. The van der Waals surface area contributed by atoms with Crippen LogP contribution in [-0.4, -0.2) is 31.2 Å². The van der Waals surface area contributed by atoms with Gasteiger partial charge in [0.15, 0.2) is 6.29 Å². The van der Waals surface area contributed by atoms with Gasteiger partial charge in [0.25, 0.3) is 0 Å². The van der Waals surface area contributed by atoms with Crippen molar-refractivity contribution in [2.24, 2.45) is 10.3 Å². The molecule has 2 aromatic rings. The molecule has 0 saturated carbocycles. The van der Waals surface area contributed by atoms with E-state index in [1.165, 1.54) is 25.3 Å². The number of oxime groups is 2. The molecule has 0 unspecified atom stereocenters. The lowest BCUT2D eigenvalue weighted by molar-refractivity contribution is -0.274. The average Bonchev–Trinajstić information content (AvgIpc) is 2.66. The molecule has 0 saturated heterocycles. The normalized spacial score (nSPS) is 12.5. The van der Waals surface area contributed by atoms with E-state index in [0.717, 1.165) is 5.56 Å². The molecule has 0 N–H and O–H groups in total. The van der Waals surface area contributed by atoms with E-state index < -0.39 is 6.36 Å². The summed E-state index contributed by atoms with van der Waals surface area (Å²) in [4.78, 5) is 21.4. The largest absolute Gasteiger partial charge is 0.573 e. The maximum Gasteiger partial charge on any atom is 0.573 e. The molecule has 0 spiro atoms. The van der Waals surface area contributed by atoms with Crippen LogP contribution >= 0.6 is 0 Å². The van der Waals surface area contributed by atoms with Gasteiger partial charge in [0.2, 0.25) is 0 Å². The molecule has 9 heteroatoms. The van der Waals surface area contributed by atoms with Gasteiger partial charge in [0, 0.05) is 16.7 Å². The van der Waals surface area contributed by atoms with Gasteiger partial charge in [-0.2, -0.15) is 0 Å². The van der Waals surface area contributed by atoms with Crippen LogP contribution in [-0.2, 0) is 21.1 Å². The lowest BCUT2D eigenvalue weighted by Crippen LogP contribution is -2.17. The molecule has 0 radical (unpaired) electrons. The first-order chi connectivity index (χ1) is 13.7. The third kappa shape index (κ3) is 6.34. The maximum absolute atomic E-state index is 12.4. The van der Waals surface area contributed by atoms with Crippen molar-refractivity contribution in [1.29, 1.82) is 0 Å². The molecule has 0 heterocycles. The fraction of sp³-hybridized carbons (Fsp3) is 0.250. The van der Waals surface area contributed by atoms with Crippen LogP contribution < -0.4 is 4.74 Å². The predicted octanol–water partition coefficient (Wildman–Crippen LogP) is 4.38. The highest BCUT2D eigenvalue weighted by Crippen LogP contribution is 2.23. The van der Waals surface area contributed by atoms with Crippen LogP contribution in [0, 0.1) is 6.92 Å². The van der Waals surface area contributed by atoms with Crippen LogP contribution in [0.5, 0.6) is 5.75 Å². The van der Waals surface area contributed by atoms with Gasteiger partial charge < -0.3 is 14.4 Å². The minimum absolute atomic E-state index is 0.0225. The number of hydrogen-bond donors (Lipinski definition) is 0. The van der Waals surface area contributed by atoms with Crippen LogP contribution in [0.2, 0.25) is 0 Å². The topological polar surface area (TPSA) is 69.5 Å². The van der Waals surface area contributed by atoms with Gasteiger partial charge in [0.1, 0.15) is 25.2 Å². The lowest BCUT2D eigenvalue weighted by Gasteiger charge is -2.11. The number of benzene rings is 2. The number of carbonyl (C=O) groups is 1. The van der Waals surface area contributed by atoms with Gasteiger partial charge in [-0.1, -0.05) is 40.6 Å². The average molecular weight is 408 g/mol. The summed E-state index contributed by atoms with van der Waals surface area (Å²) in [6.07, 6.45) is -4.20. The Balaban J connectivity index is 2.19. The van der Waals surface area contributed by atoms with Gasteiger partial charge in [-0.15, -0.1) is 13.2 Å². The van der Waals surface area contributed by atoms with E-state index in [2.05, 4.69) is 19.9 Å². The zero-order valence-electron chi connectivity index (χ0n) is 16.0. The van der Waals surface area contributed by atoms with Crippen LogP contribution in [0.15, 0.2) is 52.8 Å². The quantitative estimate of drug-likeness (QED) is 0.369. The highest BCUT2D eigenvalue weighted by molar-refractivity contribution is 6.36. The third-order valence-corrected chi connectivity index (χ3v) is 3.88. The summed E-state index contributed by atoms with van der Waals surface area (Å²) in [7, 11) is 1.33. The standard InChI is InChI=1S/C20H19F3N2O4/c1-13-6-4-9-17(19(11-26)25-27-3)18(13)12-28-24-14(2)15-7-5-8-16(10-15)29-20(21,22)23/h4-11H,12H2,1-3H3/b24-14+,25-19-. The molecular weight excluding hydrogens is 389 g/mol. The van der Waals surface area contributed by atoms with Gasteiger partial charge in [-0.25, -0.2) is 0 Å². The second-order valence-electron chi connectivity index (χ2n) is 5.90. The van der Waals surface area contributed by atoms with Gasteiger partial charge in [0.05, 0.1) is 5.71 Å². The van der Waals surface area contributed by atoms with Crippen molar-refractivity contribution < 1.29 is 32.4 Å². The Labute approximate surface area is 165 Å². The first kappa shape index (κ1) is 21.9. The molecule has 6 nitrogen and oxygen atoms in total. The fourth-order valence-electron chi connectivity index (χ4n) is 2.53. The summed E-state index contributed by atoms with van der Waals surface area (Å²) in [5, 5.41) is 7.66. The highest BCUT2D eigenvalue weighted by Gasteiger charge is 2.31. The Morgan fingerprint density at radius 2 is 1.86 bits per heavy atom. The number of aldehydes is 1. The van der Waals surface area contributed by atoms with E-state index >= 15 is 0 Å². The van der Waals surface area contributed by atoms with Crippen molar-refractivity contribution in [2.75, 3.05) is 7.11 Å². The van der Waals surface area contributed by atoms with Gasteiger partial charge >= 0.3 is 6.36 Å². The summed E-state index contributed by atoms with van der Waals surface area (Å²) in [5.74, 6) is -0.350. The Bertz CT molecular complexity index is 924. The summed E-state index contributed by atoms with van der Waals surface area (Å²) in [6.45, 7) is 3.45. The van der Waals surface area contributed by atoms with E-state index in [0.29, 0.717) is 28.7 Å². The molecule has 0 aromatic heterocycles. The van der Waals surface area contributed by atoms with Crippen LogP contribution in [0.4, 0.5) is 13.2 Å². The van der Waals surface area contributed by atoms with Crippen molar-refractivity contribution in [3.8, 4) is 5.75 Å². The smallest absolute Gasteiger partial charge is 0.406 e. The second-order valence-corrected chi connectivity index (χ2v) is 5.90. The second kappa shape index (κ2) is 9.72. The van der Waals surface area contributed by atoms with Crippen LogP contribution in [0.3, 0.4) is 0 Å². The first-order valence-electron chi connectivity index (χ1n) is 8.43. The molecular formula is C20H19F3N2O4. The first-order valence-corrected chi connectivity index (χ1v) is 8.43. The van der Waals surface area contributed by atoms with E-state index in [9.17, 15) is 18.0 Å². The van der Waals surface area contributed by atoms with E-state index in [4.69, 9.17) is 4.84 Å². The number of ether oxygens (including phenoxy) is 1. The van der Waals surface area contributed by atoms with Crippen molar-refractivity contribution in [1.82, 2.24) is 0 Å².